The van der Waals surface area contributed by atoms with Crippen LogP contribution in [0.2, 0.25) is 0 Å². The normalized spacial score (nSPS) is 19.3. The minimum atomic E-state index is -0.518. The number of anilines is 2. The third-order valence-electron chi connectivity index (χ3n) is 3.01. The van der Waals surface area contributed by atoms with Gasteiger partial charge >= 0.3 is 5.97 Å². The summed E-state index contributed by atoms with van der Waals surface area (Å²) in [5.74, 6) is -0.0414. The van der Waals surface area contributed by atoms with Crippen LogP contribution >= 0.6 is 0 Å². The molecule has 1 unspecified atom stereocenters. The Kier molecular flexibility index (Phi) is 4.18. The van der Waals surface area contributed by atoms with E-state index < -0.39 is 5.97 Å². The Morgan fingerprint density at radius 1 is 1.68 bits per heavy atom. The van der Waals surface area contributed by atoms with Crippen LogP contribution in [0.1, 0.15) is 10.5 Å². The summed E-state index contributed by atoms with van der Waals surface area (Å²) in [6.07, 6.45) is 0. The molecule has 0 bridgehead atoms. The van der Waals surface area contributed by atoms with Crippen LogP contribution in [0.3, 0.4) is 0 Å². The molecule has 0 spiro atoms. The van der Waals surface area contributed by atoms with Crippen molar-refractivity contribution in [2.24, 2.45) is 0 Å². The average Bonchev–Trinajstić information content (AvgIpc) is 2.47. The Morgan fingerprint density at radius 3 is 3.16 bits per heavy atom. The minimum absolute atomic E-state index is 0.0659. The van der Waals surface area contributed by atoms with Crippen molar-refractivity contribution in [3.63, 3.8) is 0 Å². The van der Waals surface area contributed by atoms with Gasteiger partial charge < -0.3 is 25.2 Å². The Hall–Kier alpha value is -1.86. The van der Waals surface area contributed by atoms with Crippen LogP contribution in [0, 0.1) is 0 Å². The molecule has 7 heteroatoms. The fourth-order valence-corrected chi connectivity index (χ4v) is 1.99. The lowest BCUT2D eigenvalue weighted by atomic mass is 10.2. The van der Waals surface area contributed by atoms with Crippen molar-refractivity contribution in [1.29, 1.82) is 0 Å². The fraction of sp³-hybridized carbons (Fsp3) is 0.500. The third-order valence-corrected chi connectivity index (χ3v) is 3.01. The number of carbonyl (C=O) groups excluding carboxylic acids is 1. The van der Waals surface area contributed by atoms with Crippen LogP contribution in [0.5, 0.6) is 0 Å². The minimum Gasteiger partial charge on any atom is -0.464 e. The van der Waals surface area contributed by atoms with Crippen molar-refractivity contribution in [2.75, 3.05) is 44.1 Å². The van der Waals surface area contributed by atoms with E-state index in [2.05, 4.69) is 9.72 Å². The van der Waals surface area contributed by atoms with Crippen LogP contribution in [0.15, 0.2) is 12.1 Å². The van der Waals surface area contributed by atoms with Crippen molar-refractivity contribution in [1.82, 2.24) is 4.98 Å². The number of hydrogen-bond donors (Lipinski definition) is 2. The van der Waals surface area contributed by atoms with E-state index in [0.717, 1.165) is 0 Å². The van der Waals surface area contributed by atoms with E-state index in [4.69, 9.17) is 10.5 Å². The van der Waals surface area contributed by atoms with Crippen LogP contribution in [0.25, 0.3) is 0 Å². The second-order valence-electron chi connectivity index (χ2n) is 4.21. The molecule has 7 nitrogen and oxygen atoms in total. The molecule has 1 aliphatic heterocycles. The summed E-state index contributed by atoms with van der Waals surface area (Å²) in [6.45, 7) is 1.43. The van der Waals surface area contributed by atoms with Crippen molar-refractivity contribution in [3.8, 4) is 0 Å². The molecule has 0 radical (unpaired) electrons. The summed E-state index contributed by atoms with van der Waals surface area (Å²) in [4.78, 5) is 17.6. The van der Waals surface area contributed by atoms with Gasteiger partial charge in [-0.1, -0.05) is 0 Å². The SMILES string of the molecule is COC(=O)c1ccc(N)c(N2CCOCC2CO)n1. The number of hydrogen-bond acceptors (Lipinski definition) is 7. The third kappa shape index (κ3) is 2.77. The molecule has 1 aromatic heterocycles. The van der Waals surface area contributed by atoms with Crippen LogP contribution in [-0.4, -0.2) is 55.6 Å². The first-order valence-electron chi connectivity index (χ1n) is 5.97. The highest BCUT2D eigenvalue weighted by atomic mass is 16.5. The molecule has 1 atom stereocenters. The monoisotopic (exact) mass is 267 g/mol. The number of aliphatic hydroxyl groups is 1. The van der Waals surface area contributed by atoms with Crippen LogP contribution in [-0.2, 0) is 9.47 Å². The highest BCUT2D eigenvalue weighted by molar-refractivity contribution is 5.88. The zero-order chi connectivity index (χ0) is 13.8. The molecule has 2 heterocycles. The Balaban J connectivity index is 2.34. The lowest BCUT2D eigenvalue weighted by molar-refractivity contribution is 0.0593. The van der Waals surface area contributed by atoms with Gasteiger partial charge in [0.05, 0.1) is 38.7 Å². The van der Waals surface area contributed by atoms with Gasteiger partial charge in [0.25, 0.3) is 0 Å². The number of carbonyl (C=O) groups is 1. The maximum atomic E-state index is 11.5. The molecule has 1 fully saturated rings. The summed E-state index contributed by atoms with van der Waals surface area (Å²) in [7, 11) is 1.30. The molecular formula is C12H17N3O4. The highest BCUT2D eigenvalue weighted by Crippen LogP contribution is 2.24. The Labute approximate surface area is 110 Å². The molecule has 104 valence electrons. The van der Waals surface area contributed by atoms with Crippen molar-refractivity contribution >= 4 is 17.5 Å². The summed E-state index contributed by atoms with van der Waals surface area (Å²) in [5, 5.41) is 9.36. The number of methoxy groups -OCH3 is 1. The fourth-order valence-electron chi connectivity index (χ4n) is 1.99. The first kappa shape index (κ1) is 13.6. The first-order valence-corrected chi connectivity index (χ1v) is 5.97. The summed E-state index contributed by atoms with van der Waals surface area (Å²) in [5.41, 5.74) is 6.54. The molecule has 3 N–H and O–H groups in total. The first-order chi connectivity index (χ1) is 9.17. The van der Waals surface area contributed by atoms with E-state index in [-0.39, 0.29) is 18.3 Å². The number of esters is 1. The predicted octanol–water partition coefficient (Wildman–Crippen LogP) is -0.352. The second kappa shape index (κ2) is 5.85. The van der Waals surface area contributed by atoms with Crippen molar-refractivity contribution in [2.45, 2.75) is 6.04 Å². The number of rotatable bonds is 3. The quantitative estimate of drug-likeness (QED) is 0.722. The van der Waals surface area contributed by atoms with Gasteiger partial charge in [-0.05, 0) is 12.1 Å². The van der Waals surface area contributed by atoms with Crippen molar-refractivity contribution < 1.29 is 19.4 Å². The van der Waals surface area contributed by atoms with E-state index in [1.54, 1.807) is 6.07 Å². The Morgan fingerprint density at radius 2 is 2.47 bits per heavy atom. The lowest BCUT2D eigenvalue weighted by Crippen LogP contribution is -2.48. The topological polar surface area (TPSA) is 97.9 Å². The molecule has 0 aromatic carbocycles. The zero-order valence-corrected chi connectivity index (χ0v) is 10.7. The molecule has 2 rings (SSSR count). The molecule has 1 aromatic rings. The predicted molar refractivity (Wildman–Crippen MR) is 69.0 cm³/mol. The van der Waals surface area contributed by atoms with E-state index in [1.165, 1.54) is 13.2 Å². The number of ether oxygens (including phenoxy) is 2. The number of morpholine rings is 1. The molecule has 1 saturated heterocycles. The molecule has 1 aliphatic rings. The van der Waals surface area contributed by atoms with E-state index in [9.17, 15) is 9.90 Å². The Bertz CT molecular complexity index is 466. The van der Waals surface area contributed by atoms with E-state index >= 15 is 0 Å². The summed E-state index contributed by atoms with van der Waals surface area (Å²) >= 11 is 0. The molecule has 0 amide bonds. The number of aliphatic hydroxyl groups excluding tert-OH is 1. The smallest absolute Gasteiger partial charge is 0.356 e. The maximum absolute atomic E-state index is 11.5. The van der Waals surface area contributed by atoms with Gasteiger partial charge in [-0.25, -0.2) is 9.78 Å². The number of nitrogen functional groups attached to an aromatic ring is 1. The van der Waals surface area contributed by atoms with Gasteiger partial charge in [0.1, 0.15) is 0 Å². The largest absolute Gasteiger partial charge is 0.464 e. The summed E-state index contributed by atoms with van der Waals surface area (Å²) < 4.78 is 9.94. The van der Waals surface area contributed by atoms with Crippen LogP contribution in [0.4, 0.5) is 11.5 Å². The number of nitrogens with two attached hydrogens (primary N) is 1. The molecule has 0 aliphatic carbocycles. The standard InChI is InChI=1S/C12H17N3O4/c1-18-12(17)10-3-2-9(13)11(14-10)15-4-5-19-7-8(15)6-16/h2-3,8,16H,4-7,13H2,1H3. The van der Waals surface area contributed by atoms with Gasteiger partial charge in [0.2, 0.25) is 0 Å². The molecular weight excluding hydrogens is 250 g/mol. The van der Waals surface area contributed by atoms with Gasteiger partial charge in [-0.15, -0.1) is 0 Å². The molecule has 19 heavy (non-hydrogen) atoms. The van der Waals surface area contributed by atoms with Gasteiger partial charge in [0.15, 0.2) is 11.5 Å². The highest BCUT2D eigenvalue weighted by Gasteiger charge is 2.26. The van der Waals surface area contributed by atoms with Gasteiger partial charge in [-0.2, -0.15) is 0 Å². The second-order valence-corrected chi connectivity index (χ2v) is 4.21. The zero-order valence-electron chi connectivity index (χ0n) is 10.7. The van der Waals surface area contributed by atoms with Gasteiger partial charge in [0, 0.05) is 6.54 Å². The van der Waals surface area contributed by atoms with Gasteiger partial charge in [-0.3, -0.25) is 0 Å². The van der Waals surface area contributed by atoms with Crippen LogP contribution < -0.4 is 10.6 Å². The number of nitrogens with zero attached hydrogens (tertiary/aromatic N) is 2. The molecule has 0 saturated carbocycles. The number of pyridine rings is 1. The summed E-state index contributed by atoms with van der Waals surface area (Å²) in [6, 6.07) is 2.91. The van der Waals surface area contributed by atoms with E-state index in [0.29, 0.717) is 31.3 Å². The van der Waals surface area contributed by atoms with E-state index in [1.807, 2.05) is 4.90 Å². The van der Waals surface area contributed by atoms with Crippen molar-refractivity contribution in [3.05, 3.63) is 17.8 Å². The number of aromatic nitrogens is 1. The lowest BCUT2D eigenvalue weighted by Gasteiger charge is -2.36. The maximum Gasteiger partial charge on any atom is 0.356 e. The average molecular weight is 267 g/mol.